The quantitative estimate of drug-likeness (QED) is 0.755. The number of rotatable bonds is 4. The zero-order valence-corrected chi connectivity index (χ0v) is 9.42. The maximum Gasteiger partial charge on any atom is 0.181 e. The molecule has 0 saturated carbocycles. The molecule has 0 aliphatic carbocycles. The van der Waals surface area contributed by atoms with Crippen LogP contribution in [0.25, 0.3) is 0 Å². The predicted molar refractivity (Wildman–Crippen MR) is 66.7 cm³/mol. The molecule has 15 heavy (non-hydrogen) atoms. The first-order valence-electron chi connectivity index (χ1n) is 4.90. The largest absolute Gasteiger partial charge is 0.361 e. The minimum absolute atomic E-state index is 0.879. The van der Waals surface area contributed by atoms with E-state index in [1.54, 1.807) is 11.3 Å². The summed E-state index contributed by atoms with van der Waals surface area (Å²) in [6.07, 6.45) is 2.75. The van der Waals surface area contributed by atoms with Gasteiger partial charge in [0.2, 0.25) is 0 Å². The van der Waals surface area contributed by atoms with Crippen molar-refractivity contribution in [3.8, 4) is 0 Å². The molecule has 0 unspecified atom stereocenters. The van der Waals surface area contributed by atoms with Crippen LogP contribution in [0, 0.1) is 0 Å². The minimum atomic E-state index is 0.879. The number of thiazole rings is 1. The van der Waals surface area contributed by atoms with Gasteiger partial charge in [0.1, 0.15) is 0 Å². The van der Waals surface area contributed by atoms with Crippen molar-refractivity contribution >= 4 is 29.9 Å². The number of nitrogens with zero attached hydrogens (tertiary/aromatic N) is 2. The highest BCUT2D eigenvalue weighted by Crippen LogP contribution is 2.08. The summed E-state index contributed by atoms with van der Waals surface area (Å²) < 4.78 is 0. The van der Waals surface area contributed by atoms with Crippen molar-refractivity contribution in [2.75, 3.05) is 11.9 Å². The lowest BCUT2D eigenvalue weighted by Crippen LogP contribution is -2.08. The average Bonchev–Trinajstić information content (AvgIpc) is 2.66. The molecule has 2 rings (SSSR count). The molecule has 0 fully saturated rings. The average molecular weight is 217 g/mol. The van der Waals surface area contributed by atoms with Gasteiger partial charge in [0.15, 0.2) is 13.0 Å². The van der Waals surface area contributed by atoms with Crippen molar-refractivity contribution < 1.29 is 0 Å². The second kappa shape index (κ2) is 4.93. The Morgan fingerprint density at radius 3 is 3.00 bits per heavy atom. The molecule has 0 amide bonds. The van der Waals surface area contributed by atoms with Crippen molar-refractivity contribution in [2.45, 2.75) is 6.42 Å². The standard InChI is InChI=1S/C10H12BN3S/c11-9-7-15-10(14-9)13-6-4-8-3-1-2-5-12-8/h1-3,5,7H,4,6,11H2,(H,13,14). The highest BCUT2D eigenvalue weighted by Gasteiger charge is 1.97. The van der Waals surface area contributed by atoms with Gasteiger partial charge >= 0.3 is 0 Å². The van der Waals surface area contributed by atoms with E-state index in [0.717, 1.165) is 29.4 Å². The van der Waals surface area contributed by atoms with Crippen molar-refractivity contribution in [2.24, 2.45) is 0 Å². The van der Waals surface area contributed by atoms with Crippen LogP contribution in [0.4, 0.5) is 5.13 Å². The fourth-order valence-electron chi connectivity index (χ4n) is 1.28. The highest BCUT2D eigenvalue weighted by atomic mass is 32.1. The Morgan fingerprint density at radius 2 is 2.33 bits per heavy atom. The smallest absolute Gasteiger partial charge is 0.181 e. The first-order valence-corrected chi connectivity index (χ1v) is 5.78. The van der Waals surface area contributed by atoms with E-state index in [1.807, 2.05) is 37.6 Å². The molecule has 0 atom stereocenters. The number of anilines is 1. The number of nitrogens with one attached hydrogen (secondary N) is 1. The third-order valence-electron chi connectivity index (χ3n) is 2.00. The van der Waals surface area contributed by atoms with Crippen LogP contribution < -0.4 is 10.9 Å². The van der Waals surface area contributed by atoms with Crippen LogP contribution in [0.1, 0.15) is 5.69 Å². The molecule has 0 aliphatic heterocycles. The Balaban J connectivity index is 1.80. The molecule has 2 aromatic heterocycles. The van der Waals surface area contributed by atoms with E-state index < -0.39 is 0 Å². The number of hydrogen-bond acceptors (Lipinski definition) is 4. The van der Waals surface area contributed by atoms with Crippen molar-refractivity contribution in [3.05, 3.63) is 35.5 Å². The molecule has 2 aromatic rings. The van der Waals surface area contributed by atoms with Gasteiger partial charge in [-0.3, -0.25) is 4.98 Å². The van der Waals surface area contributed by atoms with E-state index in [-0.39, 0.29) is 0 Å². The molecule has 3 nitrogen and oxygen atoms in total. The zero-order chi connectivity index (χ0) is 10.5. The first kappa shape index (κ1) is 10.2. The van der Waals surface area contributed by atoms with Crippen LogP contribution in [0.5, 0.6) is 0 Å². The van der Waals surface area contributed by atoms with Crippen molar-refractivity contribution in [3.63, 3.8) is 0 Å². The van der Waals surface area contributed by atoms with Gasteiger partial charge in [-0.15, -0.1) is 11.3 Å². The summed E-state index contributed by atoms with van der Waals surface area (Å²) in [5, 5.41) is 6.32. The topological polar surface area (TPSA) is 37.8 Å². The zero-order valence-electron chi connectivity index (χ0n) is 8.60. The Labute approximate surface area is 94.0 Å². The molecule has 1 N–H and O–H groups in total. The molecule has 0 aliphatic rings. The second-order valence-corrected chi connectivity index (χ2v) is 4.15. The van der Waals surface area contributed by atoms with Crippen LogP contribution in [0.2, 0.25) is 0 Å². The third-order valence-corrected chi connectivity index (χ3v) is 2.92. The van der Waals surface area contributed by atoms with E-state index in [9.17, 15) is 0 Å². The maximum absolute atomic E-state index is 4.33. The van der Waals surface area contributed by atoms with E-state index in [0.29, 0.717) is 0 Å². The molecule has 0 saturated heterocycles. The third kappa shape index (κ3) is 3.06. The molecule has 0 aromatic carbocycles. The van der Waals surface area contributed by atoms with Gasteiger partial charge in [0.25, 0.3) is 0 Å². The number of hydrogen-bond donors (Lipinski definition) is 1. The van der Waals surface area contributed by atoms with Gasteiger partial charge in [-0.05, 0) is 12.1 Å². The summed E-state index contributed by atoms with van der Waals surface area (Å²) in [5.74, 6) is 0. The van der Waals surface area contributed by atoms with Crippen LogP contribution >= 0.6 is 11.3 Å². The molecule has 0 spiro atoms. The van der Waals surface area contributed by atoms with E-state index in [2.05, 4.69) is 15.3 Å². The Kier molecular flexibility index (Phi) is 3.35. The lowest BCUT2D eigenvalue weighted by Gasteiger charge is -2.01. The summed E-state index contributed by atoms with van der Waals surface area (Å²) in [6.45, 7) is 0.879. The molecule has 76 valence electrons. The molecular weight excluding hydrogens is 205 g/mol. The van der Waals surface area contributed by atoms with Crippen LogP contribution in [-0.2, 0) is 6.42 Å². The Morgan fingerprint density at radius 1 is 1.40 bits per heavy atom. The highest BCUT2D eigenvalue weighted by molar-refractivity contribution is 7.14. The van der Waals surface area contributed by atoms with Gasteiger partial charge in [0.05, 0.1) is 0 Å². The summed E-state index contributed by atoms with van der Waals surface area (Å²) in [7, 11) is 2.00. The molecule has 2 heterocycles. The maximum atomic E-state index is 4.33. The summed E-state index contributed by atoms with van der Waals surface area (Å²) in [5.41, 5.74) is 2.18. The first-order chi connectivity index (χ1) is 7.34. The van der Waals surface area contributed by atoms with Crippen LogP contribution in [-0.4, -0.2) is 24.4 Å². The molecule has 0 radical (unpaired) electrons. The van der Waals surface area contributed by atoms with Gasteiger partial charge in [-0.1, -0.05) is 6.07 Å². The van der Waals surface area contributed by atoms with Crippen LogP contribution in [0.3, 0.4) is 0 Å². The fraction of sp³-hybridized carbons (Fsp3) is 0.200. The minimum Gasteiger partial charge on any atom is -0.361 e. The van der Waals surface area contributed by atoms with Crippen LogP contribution in [0.15, 0.2) is 29.8 Å². The molecule has 0 bridgehead atoms. The van der Waals surface area contributed by atoms with E-state index in [1.165, 1.54) is 0 Å². The van der Waals surface area contributed by atoms with E-state index in [4.69, 9.17) is 0 Å². The number of aromatic nitrogens is 2. The van der Waals surface area contributed by atoms with Crippen molar-refractivity contribution in [1.29, 1.82) is 0 Å². The predicted octanol–water partition coefficient (Wildman–Crippen LogP) is 0.451. The van der Waals surface area contributed by atoms with Gasteiger partial charge < -0.3 is 5.32 Å². The molecule has 5 heteroatoms. The van der Waals surface area contributed by atoms with Crippen molar-refractivity contribution in [1.82, 2.24) is 9.97 Å². The Hall–Kier alpha value is -1.36. The second-order valence-electron chi connectivity index (χ2n) is 3.29. The lowest BCUT2D eigenvalue weighted by atomic mass is 10.1. The summed E-state index contributed by atoms with van der Waals surface area (Å²) in [6, 6.07) is 5.98. The molecular formula is C10H12BN3S. The lowest BCUT2D eigenvalue weighted by molar-refractivity contribution is 0.960. The monoisotopic (exact) mass is 217 g/mol. The Bertz CT molecular complexity index is 416. The van der Waals surface area contributed by atoms with Gasteiger partial charge in [-0.2, -0.15) is 0 Å². The number of pyridine rings is 1. The fourth-order valence-corrected chi connectivity index (χ4v) is 2.00. The van der Waals surface area contributed by atoms with E-state index >= 15 is 0 Å². The SMILES string of the molecule is Bc1csc(NCCc2ccccn2)n1. The van der Waals surface area contributed by atoms with Gasteiger partial charge in [0, 0.05) is 35.8 Å². The summed E-state index contributed by atoms with van der Waals surface area (Å²) in [4.78, 5) is 8.59. The normalized spacial score (nSPS) is 10.1. The summed E-state index contributed by atoms with van der Waals surface area (Å²) >= 11 is 1.64. The van der Waals surface area contributed by atoms with Gasteiger partial charge in [-0.25, -0.2) is 4.98 Å².